The molecule has 78 valence electrons. The van der Waals surface area contributed by atoms with Gasteiger partial charge in [-0.1, -0.05) is 6.92 Å². The van der Waals surface area contributed by atoms with Crippen LogP contribution in [0.15, 0.2) is 0 Å². The molecule has 0 aromatic rings. The van der Waals surface area contributed by atoms with Crippen LogP contribution in [-0.4, -0.2) is 39.4 Å². The van der Waals surface area contributed by atoms with Crippen LogP contribution in [0.3, 0.4) is 0 Å². The zero-order chi connectivity index (χ0) is 10.1. The van der Waals surface area contributed by atoms with E-state index in [0.29, 0.717) is 19.6 Å². The highest BCUT2D eigenvalue weighted by Gasteiger charge is 2.07. The maximum absolute atomic E-state index is 11.1. The van der Waals surface area contributed by atoms with E-state index in [2.05, 4.69) is 5.32 Å². The average Bonchev–Trinajstić information content (AvgIpc) is 2.12. The van der Waals surface area contributed by atoms with Crippen LogP contribution in [0.2, 0.25) is 0 Å². The third-order valence-corrected chi connectivity index (χ3v) is 1.69. The van der Waals surface area contributed by atoms with Gasteiger partial charge in [-0.25, -0.2) is 0 Å². The fourth-order valence-corrected chi connectivity index (χ4v) is 0.939. The molecule has 1 amide bonds. The molecule has 0 aliphatic rings. The van der Waals surface area contributed by atoms with Gasteiger partial charge < -0.3 is 14.8 Å². The van der Waals surface area contributed by atoms with E-state index in [-0.39, 0.29) is 12.0 Å². The highest BCUT2D eigenvalue weighted by molar-refractivity contribution is 5.75. The Balaban J connectivity index is 3.52. The first-order valence-corrected chi connectivity index (χ1v) is 4.53. The van der Waals surface area contributed by atoms with E-state index in [1.54, 1.807) is 14.2 Å². The summed E-state index contributed by atoms with van der Waals surface area (Å²) in [5, 5.41) is 2.78. The lowest BCUT2D eigenvalue weighted by atomic mass is 10.3. The Hall–Kier alpha value is -0.610. The standard InChI is InChI=1S/C9H19NO3/c1-4-5-9(11)10-6-8(13-3)7-12-2/h8H,4-7H2,1-3H3,(H,10,11). The lowest BCUT2D eigenvalue weighted by molar-refractivity contribution is -0.121. The SMILES string of the molecule is CCCC(=O)NCC(COC)OC. The second-order valence-corrected chi connectivity index (χ2v) is 2.87. The van der Waals surface area contributed by atoms with Gasteiger partial charge in [-0.3, -0.25) is 4.79 Å². The molecule has 4 heteroatoms. The van der Waals surface area contributed by atoms with Crippen LogP contribution in [-0.2, 0) is 14.3 Å². The predicted octanol–water partition coefficient (Wildman–Crippen LogP) is 0.564. The molecule has 0 bridgehead atoms. The van der Waals surface area contributed by atoms with Gasteiger partial charge in [-0.15, -0.1) is 0 Å². The maximum atomic E-state index is 11.1. The molecule has 4 nitrogen and oxygen atoms in total. The Bertz CT molecular complexity index is 139. The predicted molar refractivity (Wildman–Crippen MR) is 50.6 cm³/mol. The van der Waals surface area contributed by atoms with Crippen molar-refractivity contribution in [3.63, 3.8) is 0 Å². The van der Waals surface area contributed by atoms with Crippen molar-refractivity contribution in [1.29, 1.82) is 0 Å². The second-order valence-electron chi connectivity index (χ2n) is 2.87. The van der Waals surface area contributed by atoms with E-state index in [9.17, 15) is 4.79 Å². The summed E-state index contributed by atoms with van der Waals surface area (Å²) in [7, 11) is 3.22. The molecule has 0 spiro atoms. The third kappa shape index (κ3) is 6.54. The number of amides is 1. The molecule has 0 fully saturated rings. The minimum absolute atomic E-state index is 0.0502. The van der Waals surface area contributed by atoms with Gasteiger partial charge in [0.2, 0.25) is 5.91 Å². The van der Waals surface area contributed by atoms with Crippen LogP contribution in [0.25, 0.3) is 0 Å². The minimum atomic E-state index is -0.0502. The Labute approximate surface area is 79.6 Å². The van der Waals surface area contributed by atoms with Crippen molar-refractivity contribution in [3.05, 3.63) is 0 Å². The van der Waals surface area contributed by atoms with Crippen molar-refractivity contribution in [2.45, 2.75) is 25.9 Å². The van der Waals surface area contributed by atoms with Gasteiger partial charge in [-0.05, 0) is 6.42 Å². The molecular formula is C9H19NO3. The van der Waals surface area contributed by atoms with Gasteiger partial charge in [0.25, 0.3) is 0 Å². The second kappa shape index (κ2) is 8.01. The molecule has 1 atom stereocenters. The fourth-order valence-electron chi connectivity index (χ4n) is 0.939. The normalized spacial score (nSPS) is 12.5. The van der Waals surface area contributed by atoms with Crippen molar-refractivity contribution in [1.82, 2.24) is 5.32 Å². The van der Waals surface area contributed by atoms with Gasteiger partial charge in [0.15, 0.2) is 0 Å². The number of carbonyl (C=O) groups excluding carboxylic acids is 1. The highest BCUT2D eigenvalue weighted by atomic mass is 16.5. The summed E-state index contributed by atoms with van der Waals surface area (Å²) in [4.78, 5) is 11.1. The van der Waals surface area contributed by atoms with E-state index in [0.717, 1.165) is 6.42 Å². The summed E-state index contributed by atoms with van der Waals surface area (Å²) in [5.41, 5.74) is 0. The fraction of sp³-hybridized carbons (Fsp3) is 0.889. The van der Waals surface area contributed by atoms with Gasteiger partial charge in [0, 0.05) is 27.2 Å². The summed E-state index contributed by atoms with van der Waals surface area (Å²) in [6.07, 6.45) is 1.39. The molecule has 1 N–H and O–H groups in total. The molecule has 13 heavy (non-hydrogen) atoms. The van der Waals surface area contributed by atoms with Crippen LogP contribution >= 0.6 is 0 Å². The van der Waals surface area contributed by atoms with Gasteiger partial charge in [0.05, 0.1) is 12.7 Å². The smallest absolute Gasteiger partial charge is 0.220 e. The van der Waals surface area contributed by atoms with Crippen LogP contribution in [0.4, 0.5) is 0 Å². The molecule has 0 saturated heterocycles. The molecule has 0 aromatic heterocycles. The molecule has 0 aliphatic heterocycles. The molecule has 0 heterocycles. The lowest BCUT2D eigenvalue weighted by Crippen LogP contribution is -2.35. The Kier molecular flexibility index (Phi) is 7.63. The van der Waals surface area contributed by atoms with Crippen LogP contribution in [0.5, 0.6) is 0 Å². The largest absolute Gasteiger partial charge is 0.382 e. The van der Waals surface area contributed by atoms with E-state index < -0.39 is 0 Å². The highest BCUT2D eigenvalue weighted by Crippen LogP contribution is 1.90. The van der Waals surface area contributed by atoms with Crippen molar-refractivity contribution in [2.24, 2.45) is 0 Å². The summed E-state index contributed by atoms with van der Waals surface area (Å²) < 4.78 is 9.99. The number of hydrogen-bond acceptors (Lipinski definition) is 3. The Morgan fingerprint density at radius 2 is 2.15 bits per heavy atom. The van der Waals surface area contributed by atoms with E-state index >= 15 is 0 Å². The molecule has 1 unspecified atom stereocenters. The van der Waals surface area contributed by atoms with Gasteiger partial charge in [-0.2, -0.15) is 0 Å². The van der Waals surface area contributed by atoms with Gasteiger partial charge >= 0.3 is 0 Å². The van der Waals surface area contributed by atoms with E-state index in [1.165, 1.54) is 0 Å². The summed E-state index contributed by atoms with van der Waals surface area (Å²) >= 11 is 0. The average molecular weight is 189 g/mol. The zero-order valence-corrected chi connectivity index (χ0v) is 8.63. The van der Waals surface area contributed by atoms with E-state index in [1.807, 2.05) is 6.92 Å². The molecule has 0 aliphatic carbocycles. The summed E-state index contributed by atoms with van der Waals surface area (Å²) in [6, 6.07) is 0. The first kappa shape index (κ1) is 12.4. The number of methoxy groups -OCH3 is 2. The summed E-state index contributed by atoms with van der Waals surface area (Å²) in [5.74, 6) is 0.0700. The first-order valence-electron chi connectivity index (χ1n) is 4.53. The zero-order valence-electron chi connectivity index (χ0n) is 8.63. The van der Waals surface area contributed by atoms with Crippen molar-refractivity contribution < 1.29 is 14.3 Å². The number of ether oxygens (including phenoxy) is 2. The molecule has 0 radical (unpaired) electrons. The lowest BCUT2D eigenvalue weighted by Gasteiger charge is -2.14. The van der Waals surface area contributed by atoms with Crippen LogP contribution in [0, 0.1) is 0 Å². The third-order valence-electron chi connectivity index (χ3n) is 1.69. The topological polar surface area (TPSA) is 47.6 Å². The number of hydrogen-bond donors (Lipinski definition) is 1. The Morgan fingerprint density at radius 1 is 1.46 bits per heavy atom. The number of nitrogens with one attached hydrogen (secondary N) is 1. The van der Waals surface area contributed by atoms with Crippen LogP contribution in [0.1, 0.15) is 19.8 Å². The quantitative estimate of drug-likeness (QED) is 0.636. The van der Waals surface area contributed by atoms with Crippen LogP contribution < -0.4 is 5.32 Å². The number of rotatable bonds is 7. The van der Waals surface area contributed by atoms with Crippen molar-refractivity contribution in [2.75, 3.05) is 27.4 Å². The molecular weight excluding hydrogens is 170 g/mol. The minimum Gasteiger partial charge on any atom is -0.382 e. The number of carbonyl (C=O) groups is 1. The molecule has 0 rings (SSSR count). The summed E-state index contributed by atoms with van der Waals surface area (Å²) in [6.45, 7) is 2.99. The molecule has 0 aromatic carbocycles. The van der Waals surface area contributed by atoms with Crippen molar-refractivity contribution >= 4 is 5.91 Å². The van der Waals surface area contributed by atoms with E-state index in [4.69, 9.17) is 9.47 Å². The molecule has 0 saturated carbocycles. The first-order chi connectivity index (χ1) is 6.24. The maximum Gasteiger partial charge on any atom is 0.220 e. The van der Waals surface area contributed by atoms with Gasteiger partial charge in [0.1, 0.15) is 0 Å². The van der Waals surface area contributed by atoms with Crippen molar-refractivity contribution in [3.8, 4) is 0 Å². The monoisotopic (exact) mass is 189 g/mol. The Morgan fingerprint density at radius 3 is 2.62 bits per heavy atom.